The number of carbonyl (C=O) groups excluding carboxylic acids is 1. The molecular formula is C28H44O2. The van der Waals surface area contributed by atoms with Gasteiger partial charge in [0, 0.05) is 6.42 Å². The highest BCUT2D eigenvalue weighted by atomic mass is 16.5. The maximum atomic E-state index is 11.6. The van der Waals surface area contributed by atoms with Gasteiger partial charge in [0.25, 0.3) is 0 Å². The summed E-state index contributed by atoms with van der Waals surface area (Å²) in [5, 5.41) is 0. The van der Waals surface area contributed by atoms with Crippen LogP contribution in [0.5, 0.6) is 5.75 Å². The molecule has 0 spiro atoms. The molecule has 0 N–H and O–H groups in total. The molecule has 1 aromatic carbocycles. The van der Waals surface area contributed by atoms with Crippen molar-refractivity contribution in [3.63, 3.8) is 0 Å². The van der Waals surface area contributed by atoms with E-state index < -0.39 is 0 Å². The lowest BCUT2D eigenvalue weighted by Gasteiger charge is -2.38. The van der Waals surface area contributed by atoms with E-state index in [0.29, 0.717) is 12.2 Å². The van der Waals surface area contributed by atoms with Crippen LogP contribution in [0, 0.1) is 23.7 Å². The number of carbonyl (C=O) groups is 1. The van der Waals surface area contributed by atoms with E-state index in [0.717, 1.165) is 36.5 Å². The van der Waals surface area contributed by atoms with Gasteiger partial charge >= 0.3 is 5.97 Å². The summed E-state index contributed by atoms with van der Waals surface area (Å²) in [6.45, 7) is 4.32. The molecule has 0 amide bonds. The maximum Gasteiger partial charge on any atom is 0.311 e. The van der Waals surface area contributed by atoms with E-state index >= 15 is 0 Å². The van der Waals surface area contributed by atoms with Crippen LogP contribution >= 0.6 is 0 Å². The number of unbranched alkanes of at least 4 members (excludes halogenated alkanes) is 1. The van der Waals surface area contributed by atoms with Crippen LogP contribution in [0.4, 0.5) is 0 Å². The Morgan fingerprint density at radius 3 is 1.90 bits per heavy atom. The van der Waals surface area contributed by atoms with Gasteiger partial charge in [0.05, 0.1) is 0 Å². The van der Waals surface area contributed by atoms with Gasteiger partial charge in [-0.05, 0) is 86.3 Å². The molecule has 2 saturated carbocycles. The second-order valence-corrected chi connectivity index (χ2v) is 10.1. The first-order valence-electron chi connectivity index (χ1n) is 13.0. The highest BCUT2D eigenvalue weighted by Crippen LogP contribution is 2.43. The Labute approximate surface area is 185 Å². The van der Waals surface area contributed by atoms with Crippen molar-refractivity contribution in [1.29, 1.82) is 0 Å². The van der Waals surface area contributed by atoms with Crippen molar-refractivity contribution in [3.05, 3.63) is 29.8 Å². The topological polar surface area (TPSA) is 26.3 Å². The molecule has 30 heavy (non-hydrogen) atoms. The summed E-state index contributed by atoms with van der Waals surface area (Å²) in [6, 6.07) is 8.18. The van der Waals surface area contributed by atoms with Crippen LogP contribution < -0.4 is 4.74 Å². The smallest absolute Gasteiger partial charge is 0.311 e. The molecule has 0 bridgehead atoms. The molecule has 2 heteroatoms. The average molecular weight is 413 g/mol. The Morgan fingerprint density at radius 2 is 1.37 bits per heavy atom. The molecule has 0 aromatic heterocycles. The van der Waals surface area contributed by atoms with Gasteiger partial charge in [-0.3, -0.25) is 4.79 Å². The molecule has 0 heterocycles. The number of aryl methyl sites for hydroxylation is 1. The number of benzene rings is 1. The van der Waals surface area contributed by atoms with Crippen LogP contribution in [0.1, 0.15) is 109 Å². The highest BCUT2D eigenvalue weighted by Gasteiger charge is 2.30. The minimum absolute atomic E-state index is 0.128. The average Bonchev–Trinajstić information content (AvgIpc) is 2.78. The Balaban J connectivity index is 1.33. The van der Waals surface area contributed by atoms with Gasteiger partial charge in [0.2, 0.25) is 0 Å². The van der Waals surface area contributed by atoms with E-state index in [1.807, 2.05) is 19.1 Å². The summed E-state index contributed by atoms with van der Waals surface area (Å²) in [5.74, 6) is 4.55. The molecule has 2 nitrogen and oxygen atoms in total. The van der Waals surface area contributed by atoms with E-state index in [1.54, 1.807) is 0 Å². The van der Waals surface area contributed by atoms with Crippen molar-refractivity contribution in [3.8, 4) is 5.75 Å². The van der Waals surface area contributed by atoms with Crippen molar-refractivity contribution in [1.82, 2.24) is 0 Å². The number of hydrogen-bond acceptors (Lipinski definition) is 2. The minimum Gasteiger partial charge on any atom is -0.427 e. The van der Waals surface area contributed by atoms with Crippen molar-refractivity contribution >= 4 is 5.97 Å². The zero-order chi connectivity index (χ0) is 21.2. The molecule has 168 valence electrons. The molecule has 2 aliphatic rings. The van der Waals surface area contributed by atoms with Crippen LogP contribution in [0.25, 0.3) is 0 Å². The van der Waals surface area contributed by atoms with Crippen molar-refractivity contribution in [2.75, 3.05) is 0 Å². The molecule has 0 unspecified atom stereocenters. The first-order valence-corrected chi connectivity index (χ1v) is 13.0. The Morgan fingerprint density at radius 1 is 0.800 bits per heavy atom. The van der Waals surface area contributed by atoms with Crippen LogP contribution in [0.3, 0.4) is 0 Å². The number of esters is 1. The Kier molecular flexibility index (Phi) is 9.75. The quantitative estimate of drug-likeness (QED) is 0.286. The van der Waals surface area contributed by atoms with Gasteiger partial charge in [-0.2, -0.15) is 0 Å². The van der Waals surface area contributed by atoms with Crippen LogP contribution in [0.15, 0.2) is 24.3 Å². The van der Waals surface area contributed by atoms with E-state index in [2.05, 4.69) is 19.1 Å². The van der Waals surface area contributed by atoms with Crippen LogP contribution in [-0.2, 0) is 11.2 Å². The normalized spacial score (nSPS) is 27.0. The molecule has 3 rings (SSSR count). The molecular weight excluding hydrogens is 368 g/mol. The van der Waals surface area contributed by atoms with Crippen molar-refractivity contribution < 1.29 is 9.53 Å². The Hall–Kier alpha value is -1.31. The zero-order valence-electron chi connectivity index (χ0n) is 19.5. The second-order valence-electron chi connectivity index (χ2n) is 10.1. The van der Waals surface area contributed by atoms with Gasteiger partial charge in [-0.25, -0.2) is 0 Å². The molecule has 1 aromatic rings. The lowest BCUT2D eigenvalue weighted by atomic mass is 9.68. The predicted octanol–water partition coefficient (Wildman–Crippen LogP) is 8.13. The molecule has 2 aliphatic carbocycles. The summed E-state index contributed by atoms with van der Waals surface area (Å²) >= 11 is 0. The van der Waals surface area contributed by atoms with E-state index in [-0.39, 0.29) is 5.97 Å². The SMILES string of the molecule is CCCC[C@H]1CC[C@H]([C@H]2CC[C@H](CCc3ccc(OC(=O)CCC)cc3)CC2)CC1. The fourth-order valence-corrected chi connectivity index (χ4v) is 5.87. The van der Waals surface area contributed by atoms with Gasteiger partial charge in [-0.1, -0.05) is 70.9 Å². The maximum absolute atomic E-state index is 11.6. The third-order valence-electron chi connectivity index (χ3n) is 7.87. The molecule has 0 aliphatic heterocycles. The minimum atomic E-state index is -0.128. The summed E-state index contributed by atoms with van der Waals surface area (Å²) in [6.07, 6.45) is 19.9. The summed E-state index contributed by atoms with van der Waals surface area (Å²) in [5.41, 5.74) is 1.37. The fraction of sp³-hybridized carbons (Fsp3) is 0.750. The zero-order valence-corrected chi connectivity index (χ0v) is 19.5. The number of rotatable bonds is 10. The van der Waals surface area contributed by atoms with Gasteiger partial charge in [0.1, 0.15) is 5.75 Å². The van der Waals surface area contributed by atoms with E-state index in [1.165, 1.54) is 82.6 Å². The van der Waals surface area contributed by atoms with Crippen LogP contribution in [-0.4, -0.2) is 5.97 Å². The largest absolute Gasteiger partial charge is 0.427 e. The summed E-state index contributed by atoms with van der Waals surface area (Å²) in [7, 11) is 0. The fourth-order valence-electron chi connectivity index (χ4n) is 5.87. The first kappa shape index (κ1) is 23.4. The molecule has 0 radical (unpaired) electrons. The second kappa shape index (κ2) is 12.5. The summed E-state index contributed by atoms with van der Waals surface area (Å²) in [4.78, 5) is 11.6. The monoisotopic (exact) mass is 412 g/mol. The number of ether oxygens (including phenoxy) is 1. The number of hydrogen-bond donors (Lipinski definition) is 0. The predicted molar refractivity (Wildman–Crippen MR) is 126 cm³/mol. The molecule has 2 fully saturated rings. The first-order chi connectivity index (χ1) is 14.7. The van der Waals surface area contributed by atoms with E-state index in [4.69, 9.17) is 4.74 Å². The van der Waals surface area contributed by atoms with Gasteiger partial charge in [-0.15, -0.1) is 0 Å². The van der Waals surface area contributed by atoms with E-state index in [9.17, 15) is 4.79 Å². The van der Waals surface area contributed by atoms with Crippen molar-refractivity contribution in [2.45, 2.75) is 110 Å². The Bertz CT molecular complexity index is 604. The standard InChI is InChI=1S/C28H44O2/c1-3-5-7-22-10-16-25(17-11-22)26-18-12-23(13-19-26)8-9-24-14-20-27(21-15-24)30-28(29)6-4-2/h14-15,20-23,25-26H,3-13,16-19H2,1-2H3/t22-,23-,25-,26-. The molecule has 0 saturated heterocycles. The third-order valence-corrected chi connectivity index (χ3v) is 7.87. The van der Waals surface area contributed by atoms with Gasteiger partial charge < -0.3 is 4.74 Å². The lowest BCUT2D eigenvalue weighted by Crippen LogP contribution is -2.26. The highest BCUT2D eigenvalue weighted by molar-refractivity contribution is 5.72. The van der Waals surface area contributed by atoms with Gasteiger partial charge in [0.15, 0.2) is 0 Å². The molecule has 0 atom stereocenters. The third kappa shape index (κ3) is 7.43. The summed E-state index contributed by atoms with van der Waals surface area (Å²) < 4.78 is 5.36. The lowest BCUT2D eigenvalue weighted by molar-refractivity contribution is -0.134. The van der Waals surface area contributed by atoms with Crippen molar-refractivity contribution in [2.24, 2.45) is 23.7 Å². The van der Waals surface area contributed by atoms with Crippen LogP contribution in [0.2, 0.25) is 0 Å².